The number of methoxy groups -OCH3 is 1. The summed E-state index contributed by atoms with van der Waals surface area (Å²) in [5.41, 5.74) is 1.56. The molecule has 0 aromatic heterocycles. The van der Waals surface area contributed by atoms with E-state index >= 15 is 0 Å². The molecule has 5 heteroatoms. The molecule has 0 saturated carbocycles. The maximum atomic E-state index is 12.7. The minimum Gasteiger partial charge on any atom is -0.496 e. The van der Waals surface area contributed by atoms with Crippen LogP contribution in [-0.2, 0) is 10.2 Å². The lowest BCUT2D eigenvalue weighted by Gasteiger charge is -2.38. The maximum Gasteiger partial charge on any atom is 0.251 e. The second-order valence-corrected chi connectivity index (χ2v) is 7.47. The second kappa shape index (κ2) is 9.11. The Morgan fingerprint density at radius 1 is 1.11 bits per heavy atom. The average molecular weight is 383 g/mol. The topological polar surface area (TPSA) is 56.8 Å². The van der Waals surface area contributed by atoms with Crippen molar-refractivity contribution in [3.63, 3.8) is 0 Å². The molecular weight excluding hydrogens is 354 g/mol. The predicted octanol–water partition coefficient (Wildman–Crippen LogP) is 3.96. The molecular formula is C23H29NO4. The average Bonchev–Trinajstić information content (AvgIpc) is 2.73. The van der Waals surface area contributed by atoms with Crippen LogP contribution in [0.5, 0.6) is 11.5 Å². The van der Waals surface area contributed by atoms with E-state index in [1.807, 2.05) is 44.2 Å². The number of ether oxygens (including phenoxy) is 3. The lowest BCUT2D eigenvalue weighted by molar-refractivity contribution is 0.0479. The van der Waals surface area contributed by atoms with Crippen molar-refractivity contribution in [1.82, 2.24) is 5.32 Å². The molecule has 1 N–H and O–H groups in total. The molecule has 0 aliphatic carbocycles. The van der Waals surface area contributed by atoms with Crippen LogP contribution < -0.4 is 14.8 Å². The summed E-state index contributed by atoms with van der Waals surface area (Å²) in [4.78, 5) is 12.7. The molecule has 2 aromatic carbocycles. The van der Waals surface area contributed by atoms with Gasteiger partial charge < -0.3 is 19.5 Å². The van der Waals surface area contributed by atoms with Gasteiger partial charge in [-0.15, -0.1) is 0 Å². The molecule has 5 nitrogen and oxygen atoms in total. The molecule has 1 fully saturated rings. The number of hydrogen-bond acceptors (Lipinski definition) is 4. The van der Waals surface area contributed by atoms with Crippen LogP contribution in [0.15, 0.2) is 48.5 Å². The van der Waals surface area contributed by atoms with Gasteiger partial charge >= 0.3 is 0 Å². The second-order valence-electron chi connectivity index (χ2n) is 7.47. The van der Waals surface area contributed by atoms with E-state index in [1.54, 1.807) is 19.2 Å². The normalized spacial score (nSPS) is 15.9. The Morgan fingerprint density at radius 3 is 2.43 bits per heavy atom. The molecule has 1 amide bonds. The van der Waals surface area contributed by atoms with Gasteiger partial charge in [0, 0.05) is 36.3 Å². The zero-order valence-electron chi connectivity index (χ0n) is 16.9. The van der Waals surface area contributed by atoms with Crippen molar-refractivity contribution in [3.8, 4) is 11.5 Å². The highest BCUT2D eigenvalue weighted by Crippen LogP contribution is 2.39. The van der Waals surface area contributed by atoms with Crippen molar-refractivity contribution in [2.24, 2.45) is 0 Å². The molecule has 1 aliphatic heterocycles. The third-order valence-electron chi connectivity index (χ3n) is 5.20. The molecule has 0 unspecified atom stereocenters. The Balaban J connectivity index is 1.74. The van der Waals surface area contributed by atoms with Gasteiger partial charge in [-0.1, -0.05) is 18.2 Å². The van der Waals surface area contributed by atoms with Crippen molar-refractivity contribution in [1.29, 1.82) is 0 Å². The van der Waals surface area contributed by atoms with Gasteiger partial charge in [-0.3, -0.25) is 4.79 Å². The Kier molecular flexibility index (Phi) is 6.57. The minimum absolute atomic E-state index is 0.0862. The first-order valence-electron chi connectivity index (χ1n) is 9.80. The fraction of sp³-hybridized carbons (Fsp3) is 0.435. The first kappa shape index (κ1) is 20.2. The highest BCUT2D eigenvalue weighted by Gasteiger charge is 2.37. The minimum atomic E-state index is -0.193. The zero-order valence-corrected chi connectivity index (χ0v) is 16.9. The molecule has 0 atom stereocenters. The molecule has 1 heterocycles. The van der Waals surface area contributed by atoms with Gasteiger partial charge in [-0.2, -0.15) is 0 Å². The molecule has 150 valence electrons. The number of carbonyl (C=O) groups is 1. The van der Waals surface area contributed by atoms with E-state index < -0.39 is 0 Å². The molecule has 28 heavy (non-hydrogen) atoms. The summed E-state index contributed by atoms with van der Waals surface area (Å²) in [6, 6.07) is 15.3. The van der Waals surface area contributed by atoms with Gasteiger partial charge in [0.15, 0.2) is 0 Å². The summed E-state index contributed by atoms with van der Waals surface area (Å²) >= 11 is 0. The standard InChI is InChI=1S/C23H29NO4/c1-17(2)28-19-10-8-18(9-11-19)22(25)24-16-23(12-14-27-15-13-23)20-6-4-5-7-21(20)26-3/h4-11,17H,12-16H2,1-3H3,(H,24,25). The molecule has 1 saturated heterocycles. The molecule has 0 bridgehead atoms. The summed E-state index contributed by atoms with van der Waals surface area (Å²) in [7, 11) is 1.69. The van der Waals surface area contributed by atoms with Gasteiger partial charge in [0.2, 0.25) is 0 Å². The lowest BCUT2D eigenvalue weighted by Crippen LogP contribution is -2.44. The van der Waals surface area contributed by atoms with Crippen LogP contribution in [0.4, 0.5) is 0 Å². The summed E-state index contributed by atoms with van der Waals surface area (Å²) < 4.78 is 16.8. The van der Waals surface area contributed by atoms with Crippen molar-refractivity contribution < 1.29 is 19.0 Å². The maximum absolute atomic E-state index is 12.7. The Labute approximate surface area is 167 Å². The van der Waals surface area contributed by atoms with Crippen LogP contribution in [0.3, 0.4) is 0 Å². The van der Waals surface area contributed by atoms with E-state index in [9.17, 15) is 4.79 Å². The SMILES string of the molecule is COc1ccccc1C1(CNC(=O)c2ccc(OC(C)C)cc2)CCOCC1. The van der Waals surface area contributed by atoms with E-state index in [0.29, 0.717) is 25.3 Å². The smallest absolute Gasteiger partial charge is 0.251 e. The number of para-hydroxylation sites is 1. The molecule has 0 radical (unpaired) electrons. The monoisotopic (exact) mass is 383 g/mol. The quantitative estimate of drug-likeness (QED) is 0.786. The van der Waals surface area contributed by atoms with E-state index in [4.69, 9.17) is 14.2 Å². The number of nitrogens with one attached hydrogen (secondary N) is 1. The van der Waals surface area contributed by atoms with E-state index in [-0.39, 0.29) is 17.4 Å². The summed E-state index contributed by atoms with van der Waals surface area (Å²) in [6.45, 7) is 5.85. The third-order valence-corrected chi connectivity index (χ3v) is 5.20. The van der Waals surface area contributed by atoms with E-state index in [2.05, 4.69) is 11.4 Å². The first-order chi connectivity index (χ1) is 13.5. The Morgan fingerprint density at radius 2 is 1.79 bits per heavy atom. The van der Waals surface area contributed by atoms with Gasteiger partial charge in [0.25, 0.3) is 5.91 Å². The van der Waals surface area contributed by atoms with Gasteiger partial charge in [0.05, 0.1) is 13.2 Å². The summed E-state index contributed by atoms with van der Waals surface area (Å²) in [6.07, 6.45) is 1.79. The Bertz CT molecular complexity index is 779. The largest absolute Gasteiger partial charge is 0.496 e. The number of amides is 1. The fourth-order valence-electron chi connectivity index (χ4n) is 3.69. The van der Waals surface area contributed by atoms with Crippen molar-refractivity contribution in [3.05, 3.63) is 59.7 Å². The highest BCUT2D eigenvalue weighted by atomic mass is 16.5. The van der Waals surface area contributed by atoms with Crippen molar-refractivity contribution in [2.75, 3.05) is 26.9 Å². The highest BCUT2D eigenvalue weighted by molar-refractivity contribution is 5.94. The number of carbonyl (C=O) groups excluding carboxylic acids is 1. The molecule has 2 aromatic rings. The van der Waals surface area contributed by atoms with Crippen LogP contribution >= 0.6 is 0 Å². The van der Waals surface area contributed by atoms with Crippen LogP contribution in [0.25, 0.3) is 0 Å². The van der Waals surface area contributed by atoms with Crippen LogP contribution in [-0.4, -0.2) is 38.9 Å². The van der Waals surface area contributed by atoms with Gasteiger partial charge in [0.1, 0.15) is 11.5 Å². The zero-order chi connectivity index (χ0) is 20.0. The van der Waals surface area contributed by atoms with Crippen LogP contribution in [0.2, 0.25) is 0 Å². The number of hydrogen-bond donors (Lipinski definition) is 1. The molecule has 3 rings (SSSR count). The third kappa shape index (κ3) is 4.65. The van der Waals surface area contributed by atoms with E-state index in [0.717, 1.165) is 29.9 Å². The first-order valence-corrected chi connectivity index (χ1v) is 9.80. The number of rotatable bonds is 7. The van der Waals surface area contributed by atoms with Gasteiger partial charge in [-0.05, 0) is 57.0 Å². The Hall–Kier alpha value is -2.53. The van der Waals surface area contributed by atoms with Crippen molar-refractivity contribution >= 4 is 5.91 Å². The predicted molar refractivity (Wildman–Crippen MR) is 109 cm³/mol. The lowest BCUT2D eigenvalue weighted by atomic mass is 9.73. The van der Waals surface area contributed by atoms with Crippen LogP contribution in [0.1, 0.15) is 42.6 Å². The summed E-state index contributed by atoms with van der Waals surface area (Å²) in [5.74, 6) is 1.53. The van der Waals surface area contributed by atoms with Gasteiger partial charge in [-0.25, -0.2) is 0 Å². The summed E-state index contributed by atoms with van der Waals surface area (Å²) in [5, 5.41) is 3.13. The molecule has 0 spiro atoms. The van der Waals surface area contributed by atoms with Crippen molar-refractivity contribution in [2.45, 2.75) is 38.2 Å². The van der Waals surface area contributed by atoms with E-state index in [1.165, 1.54) is 0 Å². The fourth-order valence-corrected chi connectivity index (χ4v) is 3.69. The molecule has 1 aliphatic rings. The van der Waals surface area contributed by atoms with Crippen LogP contribution in [0, 0.1) is 0 Å². The number of benzene rings is 2.